The lowest BCUT2D eigenvalue weighted by Gasteiger charge is -2.25. The van der Waals surface area contributed by atoms with E-state index in [4.69, 9.17) is 4.74 Å². The molecule has 0 aliphatic carbocycles. The fourth-order valence-corrected chi connectivity index (χ4v) is 2.55. The lowest BCUT2D eigenvalue weighted by Crippen LogP contribution is -2.28. The van der Waals surface area contributed by atoms with Crippen LogP contribution in [0.1, 0.15) is 36.1 Å². The number of fused-ring (bicyclic) bond motifs is 1. The van der Waals surface area contributed by atoms with Gasteiger partial charge in [-0.1, -0.05) is 18.2 Å². The van der Waals surface area contributed by atoms with E-state index < -0.39 is 18.2 Å². The van der Waals surface area contributed by atoms with Gasteiger partial charge >= 0.3 is 5.97 Å². The Kier molecular flexibility index (Phi) is 5.11. The van der Waals surface area contributed by atoms with E-state index in [-0.39, 0.29) is 13.0 Å². The summed E-state index contributed by atoms with van der Waals surface area (Å²) in [6, 6.07) is 5.68. The molecule has 0 aromatic heterocycles. The number of aliphatic hydroxyl groups excluding tert-OH is 2. The van der Waals surface area contributed by atoms with Crippen LogP contribution in [-0.4, -0.2) is 35.4 Å². The summed E-state index contributed by atoms with van der Waals surface area (Å²) in [6.07, 6.45) is -1.59. The van der Waals surface area contributed by atoms with Crippen LogP contribution in [0.25, 0.3) is 0 Å². The van der Waals surface area contributed by atoms with Crippen LogP contribution in [0.4, 0.5) is 0 Å². The number of carbonyl (C=O) groups is 1. The van der Waals surface area contributed by atoms with Crippen molar-refractivity contribution in [3.05, 3.63) is 34.9 Å². The average molecular weight is 279 g/mol. The highest BCUT2D eigenvalue weighted by Gasteiger charge is 2.25. The molecular weight excluding hydrogens is 258 g/mol. The van der Waals surface area contributed by atoms with E-state index in [9.17, 15) is 15.0 Å². The molecule has 1 aromatic rings. The zero-order valence-electron chi connectivity index (χ0n) is 11.6. The van der Waals surface area contributed by atoms with E-state index in [1.54, 1.807) is 6.92 Å². The number of rotatable bonds is 5. The Morgan fingerprint density at radius 2 is 2.25 bits per heavy atom. The summed E-state index contributed by atoms with van der Waals surface area (Å²) < 4.78 is 4.79. The number of benzene rings is 1. The van der Waals surface area contributed by atoms with Crippen molar-refractivity contribution in [2.45, 2.75) is 38.5 Å². The number of nitrogens with one attached hydrogen (secondary N) is 1. The van der Waals surface area contributed by atoms with E-state index in [1.807, 2.05) is 18.2 Å². The largest absolute Gasteiger partial charge is 0.466 e. The van der Waals surface area contributed by atoms with Crippen molar-refractivity contribution in [2.75, 3.05) is 13.2 Å². The van der Waals surface area contributed by atoms with Crippen LogP contribution in [0.15, 0.2) is 18.2 Å². The molecule has 20 heavy (non-hydrogen) atoms. The molecule has 1 heterocycles. The van der Waals surface area contributed by atoms with E-state index >= 15 is 0 Å². The highest BCUT2D eigenvalue weighted by atomic mass is 16.5. The van der Waals surface area contributed by atoms with Crippen molar-refractivity contribution in [3.8, 4) is 0 Å². The Morgan fingerprint density at radius 3 is 3.00 bits per heavy atom. The lowest BCUT2D eigenvalue weighted by atomic mass is 9.90. The van der Waals surface area contributed by atoms with Gasteiger partial charge in [0.25, 0.3) is 0 Å². The first-order valence-corrected chi connectivity index (χ1v) is 6.96. The predicted molar refractivity (Wildman–Crippen MR) is 74.1 cm³/mol. The summed E-state index contributed by atoms with van der Waals surface area (Å²) in [5, 5.41) is 23.6. The van der Waals surface area contributed by atoms with Crippen molar-refractivity contribution in [1.29, 1.82) is 0 Å². The van der Waals surface area contributed by atoms with Crippen LogP contribution in [0.5, 0.6) is 0 Å². The van der Waals surface area contributed by atoms with Crippen molar-refractivity contribution in [3.63, 3.8) is 0 Å². The van der Waals surface area contributed by atoms with Gasteiger partial charge in [-0.25, -0.2) is 0 Å². The van der Waals surface area contributed by atoms with E-state index in [0.717, 1.165) is 30.6 Å². The average Bonchev–Trinajstić information content (AvgIpc) is 2.46. The SMILES string of the molecule is CCOC(=O)CC(O)C(O)c1cccc2c1CCNC2. The minimum atomic E-state index is -1.14. The molecule has 5 nitrogen and oxygen atoms in total. The molecule has 0 fully saturated rings. The van der Waals surface area contributed by atoms with Crippen LogP contribution in [0.3, 0.4) is 0 Å². The Bertz CT molecular complexity index is 475. The van der Waals surface area contributed by atoms with Crippen molar-refractivity contribution >= 4 is 5.97 Å². The molecule has 2 unspecified atom stereocenters. The number of aliphatic hydroxyl groups is 2. The zero-order chi connectivity index (χ0) is 14.5. The first-order chi connectivity index (χ1) is 9.63. The third-order valence-electron chi connectivity index (χ3n) is 3.54. The summed E-state index contributed by atoms with van der Waals surface area (Å²) in [6.45, 7) is 3.60. The summed E-state index contributed by atoms with van der Waals surface area (Å²) in [7, 11) is 0. The van der Waals surface area contributed by atoms with Crippen LogP contribution in [0, 0.1) is 0 Å². The summed E-state index contributed by atoms with van der Waals surface area (Å²) in [5.41, 5.74) is 2.92. The smallest absolute Gasteiger partial charge is 0.308 e. The van der Waals surface area contributed by atoms with Crippen LogP contribution >= 0.6 is 0 Å². The van der Waals surface area contributed by atoms with Crippen molar-refractivity contribution in [1.82, 2.24) is 5.32 Å². The van der Waals surface area contributed by atoms with Gasteiger partial charge in [-0.2, -0.15) is 0 Å². The maximum absolute atomic E-state index is 11.4. The third kappa shape index (κ3) is 3.36. The first kappa shape index (κ1) is 15.0. The Labute approximate surface area is 118 Å². The molecule has 2 rings (SSSR count). The van der Waals surface area contributed by atoms with E-state index in [1.165, 1.54) is 0 Å². The van der Waals surface area contributed by atoms with Gasteiger partial charge < -0.3 is 20.3 Å². The normalized spacial score (nSPS) is 17.1. The third-order valence-corrected chi connectivity index (χ3v) is 3.54. The molecule has 0 saturated carbocycles. The molecule has 3 N–H and O–H groups in total. The quantitative estimate of drug-likeness (QED) is 0.691. The second-order valence-electron chi connectivity index (χ2n) is 4.93. The minimum Gasteiger partial charge on any atom is -0.466 e. The van der Waals surface area contributed by atoms with Gasteiger partial charge in [0.1, 0.15) is 6.10 Å². The molecule has 1 aromatic carbocycles. The maximum Gasteiger partial charge on any atom is 0.308 e. The fourth-order valence-electron chi connectivity index (χ4n) is 2.55. The summed E-state index contributed by atoms with van der Waals surface area (Å²) in [4.78, 5) is 11.4. The fraction of sp³-hybridized carbons (Fsp3) is 0.533. The van der Waals surface area contributed by atoms with Gasteiger partial charge in [-0.3, -0.25) is 4.79 Å². The van der Waals surface area contributed by atoms with Gasteiger partial charge in [0.15, 0.2) is 0 Å². The molecule has 1 aliphatic rings. The molecule has 5 heteroatoms. The molecular formula is C15H21NO4. The Balaban J connectivity index is 2.12. The predicted octanol–water partition coefficient (Wildman–Crippen LogP) is 0.680. The first-order valence-electron chi connectivity index (χ1n) is 6.96. The van der Waals surface area contributed by atoms with Crippen molar-refractivity contribution in [2.24, 2.45) is 0 Å². The zero-order valence-corrected chi connectivity index (χ0v) is 11.6. The highest BCUT2D eigenvalue weighted by molar-refractivity contribution is 5.70. The lowest BCUT2D eigenvalue weighted by molar-refractivity contribution is -0.147. The molecule has 0 spiro atoms. The van der Waals surface area contributed by atoms with Crippen LogP contribution in [-0.2, 0) is 22.5 Å². The minimum absolute atomic E-state index is 0.197. The molecule has 110 valence electrons. The molecule has 0 bridgehead atoms. The topological polar surface area (TPSA) is 78.8 Å². The number of carbonyl (C=O) groups excluding carboxylic acids is 1. The maximum atomic E-state index is 11.4. The number of ether oxygens (including phenoxy) is 1. The Morgan fingerprint density at radius 1 is 1.45 bits per heavy atom. The van der Waals surface area contributed by atoms with E-state index in [2.05, 4.69) is 5.32 Å². The van der Waals surface area contributed by atoms with Gasteiger partial charge in [-0.05, 0) is 36.6 Å². The van der Waals surface area contributed by atoms with Gasteiger partial charge in [0.2, 0.25) is 0 Å². The molecule has 2 atom stereocenters. The standard InChI is InChI=1S/C15H21NO4/c1-2-20-14(18)8-13(17)15(19)12-5-3-4-10-9-16-7-6-11(10)12/h3-5,13,15-17,19H,2,6-9H2,1H3. The monoisotopic (exact) mass is 279 g/mol. The molecule has 0 amide bonds. The number of hydrogen-bond donors (Lipinski definition) is 3. The number of esters is 1. The second-order valence-corrected chi connectivity index (χ2v) is 4.93. The summed E-state index contributed by atoms with van der Waals surface area (Å²) >= 11 is 0. The molecule has 1 aliphatic heterocycles. The van der Waals surface area contributed by atoms with Crippen LogP contribution in [0.2, 0.25) is 0 Å². The van der Waals surface area contributed by atoms with Gasteiger partial charge in [0, 0.05) is 6.54 Å². The van der Waals surface area contributed by atoms with Crippen LogP contribution < -0.4 is 5.32 Å². The molecule has 0 radical (unpaired) electrons. The van der Waals surface area contributed by atoms with Crippen molar-refractivity contribution < 1.29 is 19.7 Å². The van der Waals surface area contributed by atoms with Gasteiger partial charge in [0.05, 0.1) is 19.1 Å². The molecule has 0 saturated heterocycles. The van der Waals surface area contributed by atoms with E-state index in [0.29, 0.717) is 5.56 Å². The second kappa shape index (κ2) is 6.83. The summed E-state index contributed by atoms with van der Waals surface area (Å²) in [5.74, 6) is -0.495. The van der Waals surface area contributed by atoms with Gasteiger partial charge in [-0.15, -0.1) is 0 Å². The number of hydrogen-bond acceptors (Lipinski definition) is 5. The highest BCUT2D eigenvalue weighted by Crippen LogP contribution is 2.27. The Hall–Kier alpha value is -1.43.